The van der Waals surface area contributed by atoms with E-state index in [0.717, 1.165) is 28.4 Å². The Kier molecular flexibility index (Phi) is 10.5. The van der Waals surface area contributed by atoms with E-state index in [1.165, 1.54) is 141 Å². The molecule has 0 amide bonds. The van der Waals surface area contributed by atoms with E-state index in [0.29, 0.717) is 0 Å². The summed E-state index contributed by atoms with van der Waals surface area (Å²) in [5.41, 5.74) is 9.26. The van der Waals surface area contributed by atoms with Crippen molar-refractivity contribution in [3.63, 3.8) is 0 Å². The van der Waals surface area contributed by atoms with E-state index in [9.17, 15) is 0 Å². The number of allylic oxidation sites excluding steroid dienone is 1. The Morgan fingerprint density at radius 1 is 0.321 bits per heavy atom. The zero-order valence-electron chi connectivity index (χ0n) is 43.9. The minimum absolute atomic E-state index is 1.12. The third-order valence-electron chi connectivity index (χ3n) is 16.7. The van der Waals surface area contributed by atoms with Crippen molar-refractivity contribution in [1.82, 2.24) is 0 Å². The molecule has 17 rings (SSSR count). The molecule has 0 aliphatic rings. The molecule has 0 unspecified atom stereocenters. The Morgan fingerprint density at radius 2 is 0.753 bits per heavy atom. The molecule has 0 spiro atoms. The Hall–Kier alpha value is -9.14. The number of hydrogen-bond acceptors (Lipinski definition) is 6. The highest BCUT2D eigenvalue weighted by atomic mass is 32.1. The van der Waals surface area contributed by atoms with E-state index in [2.05, 4.69) is 266 Å². The SMILES string of the molecule is C=Cc1c(/C=C\C)ccc2sc3cc(N(c4ccccc4)c4ccc5c(c4)sc4c5ccc5c4ccc4c6ccc(N(c7ccccc7)c7cc8sc9ccc%10ccccc%10c9c8c8ccccc78)cc6sc45)c4ccccc4c3c12. The molecule has 0 saturated heterocycles. The summed E-state index contributed by atoms with van der Waals surface area (Å²) in [4.78, 5) is 4.94. The predicted molar refractivity (Wildman–Crippen MR) is 362 cm³/mol. The van der Waals surface area contributed by atoms with Gasteiger partial charge in [0.1, 0.15) is 0 Å². The first-order valence-corrected chi connectivity index (χ1v) is 30.7. The van der Waals surface area contributed by atoms with Crippen molar-refractivity contribution in [1.29, 1.82) is 0 Å². The molecule has 4 aromatic heterocycles. The third kappa shape index (κ3) is 7.01. The molecule has 0 bridgehead atoms. The van der Waals surface area contributed by atoms with Crippen LogP contribution in [0.1, 0.15) is 18.1 Å². The van der Waals surface area contributed by atoms with Gasteiger partial charge in [-0.3, -0.25) is 0 Å². The van der Waals surface area contributed by atoms with Gasteiger partial charge in [0.15, 0.2) is 0 Å². The third-order valence-corrected chi connectivity index (χ3v) is 21.3. The summed E-state index contributed by atoms with van der Waals surface area (Å²) >= 11 is 7.59. The number of benzene rings is 13. The lowest BCUT2D eigenvalue weighted by atomic mass is 9.96. The summed E-state index contributed by atoms with van der Waals surface area (Å²) in [5.74, 6) is 0. The van der Waals surface area contributed by atoms with Crippen LogP contribution in [0.15, 0.2) is 243 Å². The number of fused-ring (bicyclic) bond motifs is 21. The highest BCUT2D eigenvalue weighted by Gasteiger charge is 2.24. The lowest BCUT2D eigenvalue weighted by Crippen LogP contribution is -2.10. The van der Waals surface area contributed by atoms with Gasteiger partial charge < -0.3 is 9.80 Å². The van der Waals surface area contributed by atoms with Crippen LogP contribution in [0.25, 0.3) is 136 Å². The number of hydrogen-bond donors (Lipinski definition) is 0. The first-order valence-electron chi connectivity index (χ1n) is 27.4. The van der Waals surface area contributed by atoms with Crippen molar-refractivity contribution in [2.75, 3.05) is 9.80 Å². The fraction of sp³-hybridized carbons (Fsp3) is 0.0133. The molecular weight excluding hydrogens is 1060 g/mol. The van der Waals surface area contributed by atoms with Gasteiger partial charge in [0.2, 0.25) is 0 Å². The fourth-order valence-electron chi connectivity index (χ4n) is 13.2. The molecule has 380 valence electrons. The van der Waals surface area contributed by atoms with Crippen molar-refractivity contribution < 1.29 is 0 Å². The molecule has 2 nitrogen and oxygen atoms in total. The molecule has 0 fully saturated rings. The second kappa shape index (κ2) is 18.2. The van der Waals surface area contributed by atoms with Gasteiger partial charge in [-0.15, -0.1) is 45.3 Å². The van der Waals surface area contributed by atoms with Crippen LogP contribution in [0.5, 0.6) is 0 Å². The topological polar surface area (TPSA) is 6.48 Å². The van der Waals surface area contributed by atoms with Crippen molar-refractivity contribution >= 4 is 215 Å². The Balaban J connectivity index is 0.808. The number of nitrogens with zero attached hydrogens (tertiary/aromatic N) is 2. The summed E-state index contributed by atoms with van der Waals surface area (Å²) in [6.07, 6.45) is 6.34. The summed E-state index contributed by atoms with van der Waals surface area (Å²) in [6, 6.07) is 86.2. The van der Waals surface area contributed by atoms with Crippen molar-refractivity contribution in [3.05, 3.63) is 254 Å². The maximum atomic E-state index is 4.31. The minimum Gasteiger partial charge on any atom is -0.310 e. The average molecular weight is 1100 g/mol. The minimum atomic E-state index is 1.12. The van der Waals surface area contributed by atoms with Crippen LogP contribution in [0.3, 0.4) is 0 Å². The van der Waals surface area contributed by atoms with E-state index < -0.39 is 0 Å². The molecule has 0 atom stereocenters. The highest BCUT2D eigenvalue weighted by molar-refractivity contribution is 7.28. The first-order chi connectivity index (χ1) is 40.1. The normalized spacial score (nSPS) is 12.3. The van der Waals surface area contributed by atoms with Gasteiger partial charge in [0.25, 0.3) is 0 Å². The lowest BCUT2D eigenvalue weighted by Gasteiger charge is -2.27. The van der Waals surface area contributed by atoms with Crippen LogP contribution in [0, 0.1) is 0 Å². The number of anilines is 6. The van der Waals surface area contributed by atoms with Crippen molar-refractivity contribution in [2.24, 2.45) is 0 Å². The van der Waals surface area contributed by atoms with Gasteiger partial charge in [0.05, 0.1) is 11.4 Å². The monoisotopic (exact) mass is 1100 g/mol. The summed E-state index contributed by atoms with van der Waals surface area (Å²) in [5, 5.41) is 20.6. The standard InChI is InChI=1S/C75H46N2S4/c1-3-17-44-28-38-64-70(50(44)4-2)72-56-26-15-13-24-52(56)62(42-68(72)78-64)76(46-19-7-5-8-20-46)48-30-32-54-58-34-36-61-60(74(58)80-66(54)40-48)37-35-59-55-33-31-49(41-67(55)81-75(59)61)77(47-21-9-6-10-22-47)63-43-69-73(57-27-16-14-25-53(57)63)71-51-23-12-11-18-45(51)29-39-65(71)79-69/h3-43H,2H2,1H3/b17-3-. The quantitative estimate of drug-likeness (QED) is 0.150. The van der Waals surface area contributed by atoms with Gasteiger partial charge in [-0.1, -0.05) is 183 Å². The maximum absolute atomic E-state index is 4.31. The van der Waals surface area contributed by atoms with E-state index in [4.69, 9.17) is 0 Å². The molecular formula is C75H46N2S4. The molecule has 0 aliphatic heterocycles. The van der Waals surface area contributed by atoms with Crippen LogP contribution in [-0.4, -0.2) is 0 Å². The first kappa shape index (κ1) is 46.7. The Labute approximate surface area is 482 Å². The van der Waals surface area contributed by atoms with Crippen LogP contribution >= 0.6 is 45.3 Å². The Bertz CT molecular complexity index is 5520. The van der Waals surface area contributed by atoms with Gasteiger partial charge in [0, 0.05) is 125 Å². The van der Waals surface area contributed by atoms with E-state index in [1.807, 2.05) is 51.4 Å². The molecule has 0 radical (unpaired) electrons. The molecule has 13 aromatic carbocycles. The average Bonchev–Trinajstić information content (AvgIpc) is 3.91. The zero-order chi connectivity index (χ0) is 53.4. The van der Waals surface area contributed by atoms with Crippen LogP contribution in [0.2, 0.25) is 0 Å². The van der Waals surface area contributed by atoms with Crippen LogP contribution < -0.4 is 9.80 Å². The molecule has 6 heteroatoms. The summed E-state index contributed by atoms with van der Waals surface area (Å²) in [6.45, 7) is 6.39. The van der Waals surface area contributed by atoms with E-state index in [-0.39, 0.29) is 0 Å². The summed E-state index contributed by atoms with van der Waals surface area (Å²) < 4.78 is 10.3. The smallest absolute Gasteiger partial charge is 0.0554 e. The number of thiophene rings is 4. The van der Waals surface area contributed by atoms with Crippen molar-refractivity contribution in [2.45, 2.75) is 6.92 Å². The van der Waals surface area contributed by atoms with Crippen LogP contribution in [-0.2, 0) is 0 Å². The van der Waals surface area contributed by atoms with Gasteiger partial charge >= 0.3 is 0 Å². The predicted octanol–water partition coefficient (Wildman–Crippen LogP) is 24.4. The van der Waals surface area contributed by atoms with E-state index in [1.54, 1.807) is 0 Å². The highest BCUT2D eigenvalue weighted by Crippen LogP contribution is 2.52. The maximum Gasteiger partial charge on any atom is 0.0554 e. The molecule has 4 heterocycles. The van der Waals surface area contributed by atoms with E-state index >= 15 is 0 Å². The largest absolute Gasteiger partial charge is 0.310 e. The molecule has 17 aromatic rings. The zero-order valence-corrected chi connectivity index (χ0v) is 47.2. The van der Waals surface area contributed by atoms with Gasteiger partial charge in [-0.25, -0.2) is 0 Å². The lowest BCUT2D eigenvalue weighted by molar-refractivity contribution is 1.31. The number of rotatable bonds is 8. The van der Waals surface area contributed by atoms with Crippen molar-refractivity contribution in [3.8, 4) is 0 Å². The molecule has 81 heavy (non-hydrogen) atoms. The molecule has 0 N–H and O–H groups in total. The second-order valence-corrected chi connectivity index (χ2v) is 25.3. The van der Waals surface area contributed by atoms with Gasteiger partial charge in [-0.2, -0.15) is 0 Å². The van der Waals surface area contributed by atoms with Crippen LogP contribution in [0.4, 0.5) is 34.1 Å². The summed E-state index contributed by atoms with van der Waals surface area (Å²) in [7, 11) is 0. The second-order valence-electron chi connectivity index (χ2n) is 21.0. The molecule has 0 saturated carbocycles. The Morgan fingerprint density at radius 3 is 1.28 bits per heavy atom. The fourth-order valence-corrected chi connectivity index (χ4v) is 18.1. The molecule has 0 aliphatic carbocycles. The van der Waals surface area contributed by atoms with Gasteiger partial charge in [-0.05, 0) is 112 Å². The number of para-hydroxylation sites is 2.